The molecular weight excluding hydrogens is 392 g/mol. The maximum absolute atomic E-state index is 12.2. The molecule has 7 heteroatoms. The molecule has 0 spiro atoms. The second-order valence-corrected chi connectivity index (χ2v) is 7.70. The fraction of sp³-hybridized carbons (Fsp3) is 0.118. The summed E-state index contributed by atoms with van der Waals surface area (Å²) in [5.41, 5.74) is 2.05. The van der Waals surface area contributed by atoms with Gasteiger partial charge in [-0.15, -0.1) is 6.58 Å². The summed E-state index contributed by atoms with van der Waals surface area (Å²) in [4.78, 5) is 12.3. The Hall–Kier alpha value is -1.96. The molecule has 0 saturated heterocycles. The predicted molar refractivity (Wildman–Crippen MR) is 98.7 cm³/mol. The third kappa shape index (κ3) is 4.53. The van der Waals surface area contributed by atoms with E-state index in [4.69, 9.17) is 0 Å². The minimum absolute atomic E-state index is 0.0976. The molecule has 0 aliphatic rings. The zero-order chi connectivity index (χ0) is 17.7. The van der Waals surface area contributed by atoms with Gasteiger partial charge in [-0.25, -0.2) is 13.1 Å². The number of nitrogens with one attached hydrogen (secondary N) is 2. The van der Waals surface area contributed by atoms with Gasteiger partial charge in [-0.1, -0.05) is 22.0 Å². The summed E-state index contributed by atoms with van der Waals surface area (Å²) in [5.74, 6) is -0.306. The molecule has 2 aromatic carbocycles. The molecule has 0 radical (unpaired) electrons. The summed E-state index contributed by atoms with van der Waals surface area (Å²) < 4.78 is 27.3. The van der Waals surface area contributed by atoms with Crippen LogP contribution in [0.3, 0.4) is 0 Å². The smallest absolute Gasteiger partial charge is 0.255 e. The fourth-order valence-electron chi connectivity index (χ4n) is 1.96. The average Bonchev–Trinajstić information content (AvgIpc) is 2.56. The van der Waals surface area contributed by atoms with Crippen molar-refractivity contribution in [1.82, 2.24) is 4.72 Å². The Morgan fingerprint density at radius 2 is 1.88 bits per heavy atom. The van der Waals surface area contributed by atoms with Crippen LogP contribution in [0.4, 0.5) is 5.69 Å². The van der Waals surface area contributed by atoms with Crippen molar-refractivity contribution in [3.05, 3.63) is 70.7 Å². The summed E-state index contributed by atoms with van der Waals surface area (Å²) in [7, 11) is -3.59. The monoisotopic (exact) mass is 408 g/mol. The van der Waals surface area contributed by atoms with E-state index in [9.17, 15) is 13.2 Å². The zero-order valence-electron chi connectivity index (χ0n) is 13.0. The first-order chi connectivity index (χ1) is 11.3. The van der Waals surface area contributed by atoms with E-state index >= 15 is 0 Å². The van der Waals surface area contributed by atoms with Gasteiger partial charge in [-0.3, -0.25) is 4.79 Å². The van der Waals surface area contributed by atoms with E-state index in [-0.39, 0.29) is 17.3 Å². The van der Waals surface area contributed by atoms with Gasteiger partial charge in [0.2, 0.25) is 10.0 Å². The summed E-state index contributed by atoms with van der Waals surface area (Å²) in [6.45, 7) is 5.54. The Morgan fingerprint density at radius 3 is 2.46 bits per heavy atom. The molecule has 0 fully saturated rings. The van der Waals surface area contributed by atoms with Crippen LogP contribution in [-0.4, -0.2) is 20.9 Å². The molecule has 2 N–H and O–H groups in total. The predicted octanol–water partition coefficient (Wildman–Crippen LogP) is 3.47. The van der Waals surface area contributed by atoms with Gasteiger partial charge < -0.3 is 5.32 Å². The highest BCUT2D eigenvalue weighted by molar-refractivity contribution is 9.10. The summed E-state index contributed by atoms with van der Waals surface area (Å²) in [6, 6.07) is 11.2. The molecule has 24 heavy (non-hydrogen) atoms. The Bertz CT molecular complexity index is 862. The van der Waals surface area contributed by atoms with Crippen molar-refractivity contribution < 1.29 is 13.2 Å². The summed E-state index contributed by atoms with van der Waals surface area (Å²) >= 11 is 3.40. The molecule has 0 atom stereocenters. The largest absolute Gasteiger partial charge is 0.322 e. The maximum atomic E-state index is 12.2. The van der Waals surface area contributed by atoms with Crippen LogP contribution in [0, 0.1) is 6.92 Å². The lowest BCUT2D eigenvalue weighted by Crippen LogP contribution is -2.23. The molecule has 1 amide bonds. The van der Waals surface area contributed by atoms with Gasteiger partial charge in [0.15, 0.2) is 0 Å². The number of carbonyl (C=O) groups is 1. The number of hydrogen-bond acceptors (Lipinski definition) is 3. The molecular formula is C17H17BrN2O3S. The van der Waals surface area contributed by atoms with Crippen LogP contribution in [0.2, 0.25) is 0 Å². The van der Waals surface area contributed by atoms with E-state index in [1.54, 1.807) is 6.07 Å². The molecule has 0 aliphatic heterocycles. The molecule has 0 aromatic heterocycles. The number of anilines is 1. The van der Waals surface area contributed by atoms with E-state index in [0.29, 0.717) is 11.3 Å². The first-order valence-electron chi connectivity index (χ1n) is 7.11. The van der Waals surface area contributed by atoms with Crippen molar-refractivity contribution in [3.63, 3.8) is 0 Å². The lowest BCUT2D eigenvalue weighted by Gasteiger charge is -2.08. The van der Waals surface area contributed by atoms with Crippen LogP contribution < -0.4 is 10.0 Å². The van der Waals surface area contributed by atoms with Crippen LogP contribution in [0.25, 0.3) is 0 Å². The summed E-state index contributed by atoms with van der Waals surface area (Å²) in [5, 5.41) is 2.78. The van der Waals surface area contributed by atoms with Gasteiger partial charge >= 0.3 is 0 Å². The second-order valence-electron chi connectivity index (χ2n) is 5.08. The Kier molecular flexibility index (Phi) is 5.93. The average molecular weight is 409 g/mol. The zero-order valence-corrected chi connectivity index (χ0v) is 15.4. The highest BCUT2D eigenvalue weighted by Gasteiger charge is 2.14. The number of rotatable bonds is 6. The van der Waals surface area contributed by atoms with Crippen LogP contribution >= 0.6 is 15.9 Å². The lowest BCUT2D eigenvalue weighted by atomic mass is 10.2. The van der Waals surface area contributed by atoms with Crippen molar-refractivity contribution in [2.45, 2.75) is 11.8 Å². The molecule has 0 unspecified atom stereocenters. The minimum atomic E-state index is -3.59. The normalized spacial score (nSPS) is 11.1. The number of benzene rings is 2. The first-order valence-corrected chi connectivity index (χ1v) is 9.39. The van der Waals surface area contributed by atoms with Crippen molar-refractivity contribution in [2.24, 2.45) is 0 Å². The number of halogens is 1. The molecule has 126 valence electrons. The highest BCUT2D eigenvalue weighted by atomic mass is 79.9. The van der Waals surface area contributed by atoms with Crippen molar-refractivity contribution >= 4 is 37.5 Å². The van der Waals surface area contributed by atoms with Gasteiger partial charge in [0.05, 0.1) is 4.90 Å². The standard InChI is InChI=1S/C17H17BrN2O3S/c1-3-10-19-24(22,23)15-7-4-13(5-8-15)17(21)20-14-6-9-16(18)12(2)11-14/h3-9,11,19H,1,10H2,2H3,(H,20,21). The number of aryl methyl sites for hydroxylation is 1. The van der Waals surface area contributed by atoms with E-state index in [1.807, 2.05) is 19.1 Å². The summed E-state index contributed by atoms with van der Waals surface area (Å²) in [6.07, 6.45) is 1.46. The Morgan fingerprint density at radius 1 is 1.21 bits per heavy atom. The highest BCUT2D eigenvalue weighted by Crippen LogP contribution is 2.20. The SMILES string of the molecule is C=CCNS(=O)(=O)c1ccc(C(=O)Nc2ccc(Br)c(C)c2)cc1. The van der Waals surface area contributed by atoms with Gasteiger partial charge in [-0.2, -0.15) is 0 Å². The molecule has 0 saturated carbocycles. The number of sulfonamides is 1. The van der Waals surface area contributed by atoms with Crippen molar-refractivity contribution in [3.8, 4) is 0 Å². The van der Waals surface area contributed by atoms with E-state index in [0.717, 1.165) is 10.0 Å². The van der Waals surface area contributed by atoms with Crippen LogP contribution in [0.1, 0.15) is 15.9 Å². The second kappa shape index (κ2) is 7.74. The van der Waals surface area contributed by atoms with Crippen molar-refractivity contribution in [1.29, 1.82) is 0 Å². The Balaban J connectivity index is 2.13. The molecule has 0 bridgehead atoms. The van der Waals surface area contributed by atoms with Crippen LogP contribution in [-0.2, 0) is 10.0 Å². The van der Waals surface area contributed by atoms with Gasteiger partial charge in [0.1, 0.15) is 0 Å². The number of carbonyl (C=O) groups excluding carboxylic acids is 1. The van der Waals surface area contributed by atoms with Gasteiger partial charge in [0, 0.05) is 22.3 Å². The van der Waals surface area contributed by atoms with Crippen LogP contribution in [0.15, 0.2) is 64.5 Å². The molecule has 5 nitrogen and oxygen atoms in total. The number of amides is 1. The van der Waals surface area contributed by atoms with E-state index in [2.05, 4.69) is 32.5 Å². The third-order valence-electron chi connectivity index (χ3n) is 3.26. The maximum Gasteiger partial charge on any atom is 0.255 e. The van der Waals surface area contributed by atoms with Gasteiger partial charge in [-0.05, 0) is 55.0 Å². The molecule has 0 aliphatic carbocycles. The quantitative estimate of drug-likeness (QED) is 0.718. The van der Waals surface area contributed by atoms with E-state index < -0.39 is 10.0 Å². The lowest BCUT2D eigenvalue weighted by molar-refractivity contribution is 0.102. The van der Waals surface area contributed by atoms with Gasteiger partial charge in [0.25, 0.3) is 5.91 Å². The molecule has 2 rings (SSSR count). The Labute approximate surface area is 150 Å². The van der Waals surface area contributed by atoms with Crippen LogP contribution in [0.5, 0.6) is 0 Å². The third-order valence-corrected chi connectivity index (χ3v) is 5.59. The molecule has 2 aromatic rings. The van der Waals surface area contributed by atoms with E-state index in [1.165, 1.54) is 30.3 Å². The molecule has 0 heterocycles. The van der Waals surface area contributed by atoms with Crippen molar-refractivity contribution in [2.75, 3.05) is 11.9 Å². The fourth-order valence-corrected chi connectivity index (χ4v) is 3.21. The number of hydrogen-bond donors (Lipinski definition) is 2. The minimum Gasteiger partial charge on any atom is -0.322 e. The topological polar surface area (TPSA) is 75.3 Å². The first kappa shape index (κ1) is 18.4.